The molecule has 2 aliphatic carbocycles. The smallest absolute Gasteiger partial charge is 0.0757 e. The molecule has 20 heavy (non-hydrogen) atoms. The molecule has 3 heteroatoms. The van der Waals surface area contributed by atoms with Crippen molar-refractivity contribution in [3.05, 3.63) is 0 Å². The molecule has 2 saturated heterocycles. The van der Waals surface area contributed by atoms with Crippen molar-refractivity contribution in [3.63, 3.8) is 0 Å². The average molecular weight is 279 g/mol. The first-order chi connectivity index (χ1) is 9.85. The number of rotatable bonds is 3. The minimum absolute atomic E-state index is 0.225. The Labute approximate surface area is 122 Å². The van der Waals surface area contributed by atoms with Gasteiger partial charge in [0.25, 0.3) is 0 Å². The van der Waals surface area contributed by atoms with Crippen molar-refractivity contribution in [2.45, 2.75) is 88.0 Å². The van der Waals surface area contributed by atoms with E-state index in [1.807, 2.05) is 0 Å². The van der Waals surface area contributed by atoms with E-state index in [0.29, 0.717) is 18.2 Å². The van der Waals surface area contributed by atoms with E-state index in [4.69, 9.17) is 9.47 Å². The average Bonchev–Trinajstić information content (AvgIpc) is 3.21. The molecule has 3 nitrogen and oxygen atoms in total. The van der Waals surface area contributed by atoms with Crippen LogP contribution in [0.25, 0.3) is 0 Å². The highest BCUT2D eigenvalue weighted by Crippen LogP contribution is 2.41. The standard InChI is InChI=1S/C17H29NO2/c1-2-8-17(9-3-1)12-14(6-11-20-17)18-15-7-10-19-16(15)13-4-5-13/h13-16,18H,1-12H2. The van der Waals surface area contributed by atoms with E-state index in [2.05, 4.69) is 5.32 Å². The molecule has 4 fully saturated rings. The Morgan fingerprint density at radius 1 is 0.900 bits per heavy atom. The van der Waals surface area contributed by atoms with Gasteiger partial charge in [-0.15, -0.1) is 0 Å². The van der Waals surface area contributed by atoms with Crippen LogP contribution in [0.15, 0.2) is 0 Å². The molecule has 0 bridgehead atoms. The second-order valence-corrected chi connectivity index (χ2v) is 7.52. The van der Waals surface area contributed by atoms with E-state index >= 15 is 0 Å². The summed E-state index contributed by atoms with van der Waals surface area (Å²) in [6, 6.07) is 1.28. The van der Waals surface area contributed by atoms with Crippen LogP contribution in [0.4, 0.5) is 0 Å². The van der Waals surface area contributed by atoms with Crippen LogP contribution in [0.1, 0.15) is 64.2 Å². The Balaban J connectivity index is 1.36. The SMILES string of the molecule is C1CCC2(CC1)CC(NC1CCOC1C1CC1)CCO2. The Bertz CT molecular complexity index is 330. The molecule has 3 atom stereocenters. The van der Waals surface area contributed by atoms with E-state index in [1.54, 1.807) is 0 Å². The predicted octanol–water partition coefficient (Wildman–Crippen LogP) is 3.03. The molecular formula is C17H29NO2. The zero-order valence-electron chi connectivity index (χ0n) is 12.6. The molecule has 2 heterocycles. The fourth-order valence-electron chi connectivity index (χ4n) is 4.70. The highest BCUT2D eigenvalue weighted by molar-refractivity contribution is 4.98. The maximum Gasteiger partial charge on any atom is 0.0757 e. The summed E-state index contributed by atoms with van der Waals surface area (Å²) >= 11 is 0. The summed E-state index contributed by atoms with van der Waals surface area (Å²) in [7, 11) is 0. The maximum absolute atomic E-state index is 6.22. The lowest BCUT2D eigenvalue weighted by molar-refractivity contribution is -0.110. The van der Waals surface area contributed by atoms with Crippen molar-refractivity contribution in [3.8, 4) is 0 Å². The summed E-state index contributed by atoms with van der Waals surface area (Å²) in [5, 5.41) is 3.96. The van der Waals surface area contributed by atoms with Crippen LogP contribution in [-0.2, 0) is 9.47 Å². The van der Waals surface area contributed by atoms with Crippen LogP contribution in [0, 0.1) is 5.92 Å². The van der Waals surface area contributed by atoms with Crippen LogP contribution < -0.4 is 5.32 Å². The maximum atomic E-state index is 6.22. The molecule has 0 aromatic heterocycles. The summed E-state index contributed by atoms with van der Waals surface area (Å²) in [4.78, 5) is 0. The van der Waals surface area contributed by atoms with Gasteiger partial charge in [0.1, 0.15) is 0 Å². The lowest BCUT2D eigenvalue weighted by atomic mass is 9.78. The molecule has 2 saturated carbocycles. The number of hydrogen-bond donors (Lipinski definition) is 1. The summed E-state index contributed by atoms with van der Waals surface area (Å²) in [6.45, 7) is 1.92. The van der Waals surface area contributed by atoms with E-state index in [0.717, 1.165) is 19.1 Å². The van der Waals surface area contributed by atoms with Gasteiger partial charge in [0, 0.05) is 25.3 Å². The monoisotopic (exact) mass is 279 g/mol. The molecule has 3 unspecified atom stereocenters. The molecule has 2 aliphatic heterocycles. The third-order valence-corrected chi connectivity index (χ3v) is 5.93. The molecule has 4 rings (SSSR count). The molecule has 114 valence electrons. The van der Waals surface area contributed by atoms with Crippen molar-refractivity contribution in [1.29, 1.82) is 0 Å². The van der Waals surface area contributed by atoms with Gasteiger partial charge in [0.2, 0.25) is 0 Å². The van der Waals surface area contributed by atoms with Crippen LogP contribution >= 0.6 is 0 Å². The van der Waals surface area contributed by atoms with E-state index in [1.165, 1.54) is 64.2 Å². The van der Waals surface area contributed by atoms with E-state index < -0.39 is 0 Å². The number of nitrogens with one attached hydrogen (secondary N) is 1. The van der Waals surface area contributed by atoms with Gasteiger partial charge in [0.05, 0.1) is 11.7 Å². The van der Waals surface area contributed by atoms with Gasteiger partial charge >= 0.3 is 0 Å². The van der Waals surface area contributed by atoms with Crippen molar-refractivity contribution in [1.82, 2.24) is 5.32 Å². The Kier molecular flexibility index (Phi) is 3.78. The van der Waals surface area contributed by atoms with Crippen molar-refractivity contribution in [2.75, 3.05) is 13.2 Å². The van der Waals surface area contributed by atoms with Gasteiger partial charge in [0.15, 0.2) is 0 Å². The lowest BCUT2D eigenvalue weighted by Gasteiger charge is -2.44. The highest BCUT2D eigenvalue weighted by atomic mass is 16.5. The zero-order valence-corrected chi connectivity index (χ0v) is 12.6. The quantitative estimate of drug-likeness (QED) is 0.861. The lowest BCUT2D eigenvalue weighted by Crippen LogP contribution is -2.52. The molecule has 1 N–H and O–H groups in total. The second kappa shape index (κ2) is 5.58. The molecule has 4 aliphatic rings. The largest absolute Gasteiger partial charge is 0.376 e. The summed E-state index contributed by atoms with van der Waals surface area (Å²) in [5.41, 5.74) is 0.225. The van der Waals surface area contributed by atoms with Gasteiger partial charge in [-0.1, -0.05) is 19.3 Å². The minimum atomic E-state index is 0.225. The Morgan fingerprint density at radius 3 is 2.55 bits per heavy atom. The summed E-state index contributed by atoms with van der Waals surface area (Å²) in [5.74, 6) is 0.860. The van der Waals surface area contributed by atoms with Gasteiger partial charge < -0.3 is 14.8 Å². The Hall–Kier alpha value is -0.120. The molecule has 0 aromatic carbocycles. The van der Waals surface area contributed by atoms with Crippen molar-refractivity contribution >= 4 is 0 Å². The predicted molar refractivity (Wildman–Crippen MR) is 78.8 cm³/mol. The molecule has 0 radical (unpaired) electrons. The molecule has 0 aromatic rings. The van der Waals surface area contributed by atoms with Gasteiger partial charge in [-0.05, 0) is 50.9 Å². The van der Waals surface area contributed by atoms with Crippen molar-refractivity contribution in [2.24, 2.45) is 5.92 Å². The first-order valence-electron chi connectivity index (χ1n) is 8.86. The normalized spacial score (nSPS) is 41.1. The third-order valence-electron chi connectivity index (χ3n) is 5.93. The number of hydrogen-bond acceptors (Lipinski definition) is 3. The fraction of sp³-hybridized carbons (Fsp3) is 1.00. The summed E-state index contributed by atoms with van der Waals surface area (Å²) in [6.07, 6.45) is 13.7. The third kappa shape index (κ3) is 2.77. The Morgan fingerprint density at radius 2 is 1.75 bits per heavy atom. The van der Waals surface area contributed by atoms with Crippen LogP contribution in [0.5, 0.6) is 0 Å². The topological polar surface area (TPSA) is 30.5 Å². The van der Waals surface area contributed by atoms with Crippen LogP contribution in [-0.4, -0.2) is 37.0 Å². The second-order valence-electron chi connectivity index (χ2n) is 7.52. The van der Waals surface area contributed by atoms with E-state index in [9.17, 15) is 0 Å². The number of ether oxygens (including phenoxy) is 2. The fourth-order valence-corrected chi connectivity index (χ4v) is 4.70. The first-order valence-corrected chi connectivity index (χ1v) is 8.86. The van der Waals surface area contributed by atoms with Crippen LogP contribution in [0.3, 0.4) is 0 Å². The van der Waals surface area contributed by atoms with E-state index in [-0.39, 0.29) is 5.60 Å². The molecule has 1 spiro atoms. The van der Waals surface area contributed by atoms with Crippen molar-refractivity contribution < 1.29 is 9.47 Å². The highest BCUT2D eigenvalue weighted by Gasteiger charge is 2.43. The molecular weight excluding hydrogens is 250 g/mol. The van der Waals surface area contributed by atoms with Crippen LogP contribution in [0.2, 0.25) is 0 Å². The van der Waals surface area contributed by atoms with Gasteiger partial charge in [-0.3, -0.25) is 0 Å². The van der Waals surface area contributed by atoms with Gasteiger partial charge in [-0.25, -0.2) is 0 Å². The first kappa shape index (κ1) is 13.5. The van der Waals surface area contributed by atoms with Gasteiger partial charge in [-0.2, -0.15) is 0 Å². The minimum Gasteiger partial charge on any atom is -0.376 e. The zero-order chi connectivity index (χ0) is 13.4. The summed E-state index contributed by atoms with van der Waals surface area (Å²) < 4.78 is 12.2. The molecule has 0 amide bonds.